The Labute approximate surface area is 126 Å². The molecular weight excluding hydrogens is 268 g/mol. The Morgan fingerprint density at radius 2 is 2.05 bits per heavy atom. The lowest BCUT2D eigenvalue weighted by Gasteiger charge is -2.47. The summed E-state index contributed by atoms with van der Waals surface area (Å²) in [4.78, 5) is 29.1. The van der Waals surface area contributed by atoms with Crippen molar-refractivity contribution in [2.24, 2.45) is 5.92 Å². The van der Waals surface area contributed by atoms with Crippen LogP contribution in [0.1, 0.15) is 45.4 Å². The first-order chi connectivity index (χ1) is 10.2. The van der Waals surface area contributed by atoms with Gasteiger partial charge in [0.15, 0.2) is 0 Å². The number of ether oxygens (including phenoxy) is 1. The molecule has 3 atom stereocenters. The summed E-state index contributed by atoms with van der Waals surface area (Å²) in [7, 11) is 0. The molecule has 0 saturated carbocycles. The van der Waals surface area contributed by atoms with Crippen LogP contribution in [0, 0.1) is 5.92 Å². The summed E-state index contributed by atoms with van der Waals surface area (Å²) >= 11 is 0. The van der Waals surface area contributed by atoms with Gasteiger partial charge >= 0.3 is 0 Å². The molecule has 118 valence electrons. The van der Waals surface area contributed by atoms with Crippen molar-refractivity contribution < 1.29 is 14.3 Å². The summed E-state index contributed by atoms with van der Waals surface area (Å²) in [6, 6.07) is -0.428. The molecule has 3 aliphatic heterocycles. The highest BCUT2D eigenvalue weighted by Gasteiger charge is 2.45. The first-order valence-electron chi connectivity index (χ1n) is 8.41. The Morgan fingerprint density at radius 1 is 1.19 bits per heavy atom. The second kappa shape index (κ2) is 6.34. The van der Waals surface area contributed by atoms with E-state index in [4.69, 9.17) is 4.74 Å². The highest BCUT2D eigenvalue weighted by atomic mass is 16.5. The number of hydrogen-bond acceptors (Lipinski definition) is 3. The maximum Gasteiger partial charge on any atom is 0.246 e. The summed E-state index contributed by atoms with van der Waals surface area (Å²) in [5, 5.41) is 0. The average Bonchev–Trinajstić information content (AvgIpc) is 3.03. The Kier molecular flexibility index (Phi) is 4.48. The number of piperidine rings is 1. The smallest absolute Gasteiger partial charge is 0.246 e. The molecule has 2 amide bonds. The van der Waals surface area contributed by atoms with E-state index in [1.165, 1.54) is 0 Å². The van der Waals surface area contributed by atoms with Crippen LogP contribution in [0.4, 0.5) is 0 Å². The van der Waals surface area contributed by atoms with Gasteiger partial charge in [-0.2, -0.15) is 0 Å². The summed E-state index contributed by atoms with van der Waals surface area (Å²) < 4.78 is 5.41. The van der Waals surface area contributed by atoms with Crippen LogP contribution in [-0.4, -0.2) is 60.0 Å². The molecule has 5 nitrogen and oxygen atoms in total. The number of carbonyl (C=O) groups excluding carboxylic acids is 2. The van der Waals surface area contributed by atoms with Crippen LogP contribution in [0.5, 0.6) is 0 Å². The zero-order valence-electron chi connectivity index (χ0n) is 12.9. The van der Waals surface area contributed by atoms with Crippen LogP contribution in [-0.2, 0) is 14.3 Å². The van der Waals surface area contributed by atoms with Crippen LogP contribution in [0.25, 0.3) is 0 Å². The van der Waals surface area contributed by atoms with Gasteiger partial charge in [0.25, 0.3) is 0 Å². The van der Waals surface area contributed by atoms with E-state index in [1.807, 2.05) is 16.7 Å². The summed E-state index contributed by atoms with van der Waals surface area (Å²) in [6.45, 7) is 5.12. The van der Waals surface area contributed by atoms with Crippen molar-refractivity contribution in [3.8, 4) is 0 Å². The fourth-order valence-electron chi connectivity index (χ4n) is 3.92. The Hall–Kier alpha value is -1.10. The van der Waals surface area contributed by atoms with Crippen LogP contribution in [0.15, 0.2) is 0 Å². The van der Waals surface area contributed by atoms with Crippen LogP contribution in [0.2, 0.25) is 0 Å². The lowest BCUT2D eigenvalue weighted by atomic mass is 9.93. The molecule has 0 aromatic carbocycles. The molecule has 3 aliphatic rings. The minimum atomic E-state index is -0.242. The standard InChI is InChI=1S/C16H26N2O3/c1-2-13-15(19)17-8-4-3-5-14(17)16(20)18(13)9-6-12-7-10-21-11-12/h12-14H,2-11H2,1H3. The SMILES string of the molecule is CCC1C(=O)N2CCCCC2C(=O)N1CCC1CCOC1. The molecule has 3 rings (SSSR count). The van der Waals surface area contributed by atoms with Gasteiger partial charge in [-0.1, -0.05) is 6.92 Å². The molecule has 0 spiro atoms. The fraction of sp³-hybridized carbons (Fsp3) is 0.875. The minimum Gasteiger partial charge on any atom is -0.381 e. The van der Waals surface area contributed by atoms with E-state index in [9.17, 15) is 9.59 Å². The normalized spacial score (nSPS) is 33.5. The Balaban J connectivity index is 1.70. The van der Waals surface area contributed by atoms with Gasteiger partial charge in [-0.3, -0.25) is 9.59 Å². The Morgan fingerprint density at radius 3 is 2.76 bits per heavy atom. The molecule has 3 heterocycles. The van der Waals surface area contributed by atoms with E-state index in [-0.39, 0.29) is 23.9 Å². The third-order valence-corrected chi connectivity index (χ3v) is 5.20. The van der Waals surface area contributed by atoms with E-state index in [2.05, 4.69) is 0 Å². The lowest BCUT2D eigenvalue weighted by Crippen LogP contribution is -2.65. The molecule has 0 N–H and O–H groups in total. The lowest BCUT2D eigenvalue weighted by molar-refractivity contribution is -0.164. The molecule has 3 saturated heterocycles. The van der Waals surface area contributed by atoms with Crippen LogP contribution in [0.3, 0.4) is 0 Å². The van der Waals surface area contributed by atoms with Crippen molar-refractivity contribution in [1.82, 2.24) is 9.80 Å². The number of nitrogens with zero attached hydrogens (tertiary/aromatic N) is 2. The molecule has 5 heteroatoms. The molecule has 0 aromatic rings. The molecule has 0 aliphatic carbocycles. The maximum atomic E-state index is 12.8. The molecule has 3 fully saturated rings. The minimum absolute atomic E-state index is 0.171. The van der Waals surface area contributed by atoms with Gasteiger partial charge in [0.2, 0.25) is 11.8 Å². The summed E-state index contributed by atoms with van der Waals surface area (Å²) in [5.41, 5.74) is 0. The summed E-state index contributed by atoms with van der Waals surface area (Å²) in [6.07, 6.45) is 5.69. The van der Waals surface area contributed by atoms with Crippen molar-refractivity contribution >= 4 is 11.8 Å². The second-order valence-corrected chi connectivity index (χ2v) is 6.52. The van der Waals surface area contributed by atoms with E-state index >= 15 is 0 Å². The van der Waals surface area contributed by atoms with Crippen molar-refractivity contribution in [2.75, 3.05) is 26.3 Å². The maximum absolute atomic E-state index is 12.8. The zero-order valence-corrected chi connectivity index (χ0v) is 12.9. The van der Waals surface area contributed by atoms with Crippen molar-refractivity contribution in [1.29, 1.82) is 0 Å². The predicted octanol–water partition coefficient (Wildman–Crippen LogP) is 1.41. The number of amides is 2. The molecule has 0 aromatic heterocycles. The van der Waals surface area contributed by atoms with Crippen LogP contribution < -0.4 is 0 Å². The topological polar surface area (TPSA) is 49.9 Å². The van der Waals surface area contributed by atoms with E-state index in [0.717, 1.165) is 58.3 Å². The quantitative estimate of drug-likeness (QED) is 0.788. The van der Waals surface area contributed by atoms with Gasteiger partial charge in [0.05, 0.1) is 0 Å². The van der Waals surface area contributed by atoms with Crippen molar-refractivity contribution in [2.45, 2.75) is 57.5 Å². The molecular formula is C16H26N2O3. The van der Waals surface area contributed by atoms with Crippen LogP contribution >= 0.6 is 0 Å². The molecule has 3 unspecified atom stereocenters. The molecule has 21 heavy (non-hydrogen) atoms. The van der Waals surface area contributed by atoms with Gasteiger partial charge < -0.3 is 14.5 Å². The first-order valence-corrected chi connectivity index (χ1v) is 8.41. The van der Waals surface area contributed by atoms with Gasteiger partial charge in [-0.05, 0) is 44.4 Å². The molecule has 0 bridgehead atoms. The predicted molar refractivity (Wildman–Crippen MR) is 78.7 cm³/mol. The molecule has 0 radical (unpaired) electrons. The monoisotopic (exact) mass is 294 g/mol. The number of rotatable bonds is 4. The zero-order chi connectivity index (χ0) is 14.8. The second-order valence-electron chi connectivity index (χ2n) is 6.52. The van der Waals surface area contributed by atoms with Gasteiger partial charge in [-0.25, -0.2) is 0 Å². The highest BCUT2D eigenvalue weighted by Crippen LogP contribution is 2.28. The number of piperazine rings is 1. The van der Waals surface area contributed by atoms with E-state index < -0.39 is 0 Å². The number of hydrogen-bond donors (Lipinski definition) is 0. The third-order valence-electron chi connectivity index (χ3n) is 5.20. The fourth-order valence-corrected chi connectivity index (χ4v) is 3.92. The van der Waals surface area contributed by atoms with Crippen molar-refractivity contribution in [3.63, 3.8) is 0 Å². The summed E-state index contributed by atoms with van der Waals surface area (Å²) in [5.74, 6) is 0.902. The van der Waals surface area contributed by atoms with Gasteiger partial charge in [-0.15, -0.1) is 0 Å². The Bertz CT molecular complexity index is 406. The van der Waals surface area contributed by atoms with Gasteiger partial charge in [0.1, 0.15) is 12.1 Å². The van der Waals surface area contributed by atoms with E-state index in [0.29, 0.717) is 12.5 Å². The van der Waals surface area contributed by atoms with Gasteiger partial charge in [0, 0.05) is 26.3 Å². The third kappa shape index (κ3) is 2.80. The number of carbonyl (C=O) groups is 2. The highest BCUT2D eigenvalue weighted by molar-refractivity contribution is 5.97. The largest absolute Gasteiger partial charge is 0.381 e. The van der Waals surface area contributed by atoms with Crippen molar-refractivity contribution in [3.05, 3.63) is 0 Å². The van der Waals surface area contributed by atoms with E-state index in [1.54, 1.807) is 0 Å². The first kappa shape index (κ1) is 14.8. The number of fused-ring (bicyclic) bond motifs is 1. The average molecular weight is 294 g/mol.